The minimum Gasteiger partial charge on any atom is -0.482 e. The van der Waals surface area contributed by atoms with Crippen LogP contribution in [0.1, 0.15) is 0 Å². The molecule has 0 aromatic heterocycles. The Bertz CT molecular complexity index is 671. The normalized spacial score (nSPS) is 17.9. The van der Waals surface area contributed by atoms with E-state index in [4.69, 9.17) is 4.74 Å². The smallest absolute Gasteiger partial charge is 0.321 e. The summed E-state index contributed by atoms with van der Waals surface area (Å²) in [5.74, 6) is 0.550. The average molecular weight is 361 g/mol. The van der Waals surface area contributed by atoms with Crippen LogP contribution in [0.25, 0.3) is 0 Å². The van der Waals surface area contributed by atoms with E-state index in [0.717, 1.165) is 26.2 Å². The van der Waals surface area contributed by atoms with Crippen molar-refractivity contribution in [2.24, 2.45) is 0 Å². The van der Waals surface area contributed by atoms with Crippen LogP contribution in [-0.4, -0.2) is 93.7 Å². The van der Waals surface area contributed by atoms with Gasteiger partial charge in [-0.05, 0) is 32.3 Å². The maximum atomic E-state index is 12.5. The first-order chi connectivity index (χ1) is 12.4. The number of carbonyl (C=O) groups is 2. The van der Waals surface area contributed by atoms with E-state index in [1.807, 2.05) is 4.90 Å². The van der Waals surface area contributed by atoms with Gasteiger partial charge in [-0.1, -0.05) is 0 Å². The summed E-state index contributed by atoms with van der Waals surface area (Å²) >= 11 is 0. The Kier molecular flexibility index (Phi) is 5.63. The Balaban J connectivity index is 1.55. The maximum Gasteiger partial charge on any atom is 0.321 e. The van der Waals surface area contributed by atoms with Crippen LogP contribution in [-0.2, 0) is 4.79 Å². The highest BCUT2D eigenvalue weighted by atomic mass is 16.5. The SMILES string of the molecule is CN(C)CCN1CCN(C(=O)Nc2ccc3c(c2)N(C)C(=O)CO3)CC1. The third kappa shape index (κ3) is 4.25. The first kappa shape index (κ1) is 18.5. The van der Waals surface area contributed by atoms with Crippen LogP contribution in [0.4, 0.5) is 16.2 Å². The summed E-state index contributed by atoms with van der Waals surface area (Å²) in [6.07, 6.45) is 0. The molecule has 2 aliphatic rings. The van der Waals surface area contributed by atoms with Gasteiger partial charge >= 0.3 is 6.03 Å². The predicted molar refractivity (Wildman–Crippen MR) is 101 cm³/mol. The van der Waals surface area contributed by atoms with Crippen molar-refractivity contribution >= 4 is 23.3 Å². The summed E-state index contributed by atoms with van der Waals surface area (Å²) in [5.41, 5.74) is 1.33. The van der Waals surface area contributed by atoms with E-state index in [1.165, 1.54) is 0 Å². The molecule has 0 bridgehead atoms. The first-order valence-corrected chi connectivity index (χ1v) is 8.90. The van der Waals surface area contributed by atoms with Gasteiger partial charge in [0.2, 0.25) is 0 Å². The monoisotopic (exact) mass is 361 g/mol. The number of ether oxygens (including phenoxy) is 1. The Morgan fingerprint density at radius 1 is 1.23 bits per heavy atom. The number of hydrogen-bond donors (Lipinski definition) is 1. The number of urea groups is 1. The largest absolute Gasteiger partial charge is 0.482 e. The van der Waals surface area contributed by atoms with Crippen LogP contribution in [0, 0.1) is 0 Å². The van der Waals surface area contributed by atoms with Gasteiger partial charge in [0.25, 0.3) is 5.91 Å². The standard InChI is InChI=1S/C18H27N5O3/c1-20(2)6-7-22-8-10-23(11-9-22)18(25)19-14-4-5-16-15(12-14)21(3)17(24)13-26-16/h4-5,12H,6-11,13H2,1-3H3,(H,19,25). The molecule has 1 saturated heterocycles. The third-order valence-corrected chi connectivity index (χ3v) is 4.82. The molecule has 0 atom stereocenters. The number of rotatable bonds is 4. The van der Waals surface area contributed by atoms with E-state index in [-0.39, 0.29) is 18.5 Å². The number of likely N-dealkylation sites (N-methyl/N-ethyl adjacent to an activating group) is 2. The summed E-state index contributed by atoms with van der Waals surface area (Å²) in [6.45, 7) is 5.29. The van der Waals surface area contributed by atoms with Crippen molar-refractivity contribution < 1.29 is 14.3 Å². The maximum absolute atomic E-state index is 12.5. The molecule has 0 radical (unpaired) electrons. The fraction of sp³-hybridized carbons (Fsp3) is 0.556. The van der Waals surface area contributed by atoms with Gasteiger partial charge in [0.05, 0.1) is 5.69 Å². The molecule has 3 rings (SSSR count). The molecule has 8 nitrogen and oxygen atoms in total. The zero-order chi connectivity index (χ0) is 18.7. The average Bonchev–Trinajstić information content (AvgIpc) is 2.64. The Hall–Kier alpha value is -2.32. The van der Waals surface area contributed by atoms with Crippen LogP contribution in [0.2, 0.25) is 0 Å². The van der Waals surface area contributed by atoms with Gasteiger partial charge in [0, 0.05) is 52.0 Å². The topological polar surface area (TPSA) is 68.4 Å². The van der Waals surface area contributed by atoms with Crippen molar-refractivity contribution in [3.63, 3.8) is 0 Å². The molecule has 1 aromatic carbocycles. The zero-order valence-electron chi connectivity index (χ0n) is 15.7. The van der Waals surface area contributed by atoms with Crippen molar-refractivity contribution in [1.82, 2.24) is 14.7 Å². The third-order valence-electron chi connectivity index (χ3n) is 4.82. The number of carbonyl (C=O) groups excluding carboxylic acids is 2. The van der Waals surface area contributed by atoms with Crippen LogP contribution < -0.4 is 15.0 Å². The highest BCUT2D eigenvalue weighted by Crippen LogP contribution is 2.33. The molecule has 3 amide bonds. The van der Waals surface area contributed by atoms with Gasteiger partial charge in [-0.2, -0.15) is 0 Å². The predicted octanol–water partition coefficient (Wildman–Crippen LogP) is 0.753. The second-order valence-electron chi connectivity index (χ2n) is 6.99. The minimum atomic E-state index is -0.108. The lowest BCUT2D eigenvalue weighted by molar-refractivity contribution is -0.120. The molecule has 0 saturated carbocycles. The fourth-order valence-electron chi connectivity index (χ4n) is 3.07. The van der Waals surface area contributed by atoms with Crippen molar-refractivity contribution in [1.29, 1.82) is 0 Å². The molecule has 1 aromatic rings. The molecule has 0 spiro atoms. The number of benzene rings is 1. The fourth-order valence-corrected chi connectivity index (χ4v) is 3.07. The number of nitrogens with one attached hydrogen (secondary N) is 1. The van der Waals surface area contributed by atoms with Gasteiger partial charge in [0.15, 0.2) is 6.61 Å². The molecule has 1 fully saturated rings. The van der Waals surface area contributed by atoms with E-state index in [2.05, 4.69) is 29.2 Å². The number of anilines is 2. The van der Waals surface area contributed by atoms with E-state index in [1.54, 1.807) is 30.1 Å². The van der Waals surface area contributed by atoms with Gasteiger partial charge < -0.3 is 24.8 Å². The van der Waals surface area contributed by atoms with Crippen molar-refractivity contribution in [3.8, 4) is 5.75 Å². The lowest BCUT2D eigenvalue weighted by Gasteiger charge is -2.35. The second-order valence-corrected chi connectivity index (χ2v) is 6.99. The first-order valence-electron chi connectivity index (χ1n) is 8.90. The van der Waals surface area contributed by atoms with E-state index >= 15 is 0 Å². The van der Waals surface area contributed by atoms with E-state index < -0.39 is 0 Å². The van der Waals surface area contributed by atoms with Gasteiger partial charge in [0.1, 0.15) is 5.75 Å². The Labute approximate surface area is 154 Å². The van der Waals surface area contributed by atoms with Crippen LogP contribution in [0.5, 0.6) is 5.75 Å². The summed E-state index contributed by atoms with van der Waals surface area (Å²) in [5, 5.41) is 2.93. The summed E-state index contributed by atoms with van der Waals surface area (Å²) in [4.78, 5) is 32.2. The highest BCUT2D eigenvalue weighted by Gasteiger charge is 2.24. The molecule has 1 N–H and O–H groups in total. The number of hydrogen-bond acceptors (Lipinski definition) is 5. The summed E-state index contributed by atoms with van der Waals surface area (Å²) in [6, 6.07) is 5.25. The minimum absolute atomic E-state index is 0.0489. The van der Waals surface area contributed by atoms with Crippen LogP contribution >= 0.6 is 0 Å². The van der Waals surface area contributed by atoms with Crippen molar-refractivity contribution in [3.05, 3.63) is 18.2 Å². The van der Waals surface area contributed by atoms with Crippen molar-refractivity contribution in [2.45, 2.75) is 0 Å². The molecular weight excluding hydrogens is 334 g/mol. The van der Waals surface area contributed by atoms with Gasteiger partial charge in [-0.3, -0.25) is 9.69 Å². The quantitative estimate of drug-likeness (QED) is 0.857. The number of amides is 3. The zero-order valence-corrected chi connectivity index (χ0v) is 15.7. The Morgan fingerprint density at radius 2 is 1.96 bits per heavy atom. The Morgan fingerprint density at radius 3 is 2.65 bits per heavy atom. The molecular formula is C18H27N5O3. The molecule has 26 heavy (non-hydrogen) atoms. The van der Waals surface area contributed by atoms with Crippen LogP contribution in [0.15, 0.2) is 18.2 Å². The molecule has 8 heteroatoms. The molecule has 0 unspecified atom stereocenters. The lowest BCUT2D eigenvalue weighted by Crippen LogP contribution is -2.51. The van der Waals surface area contributed by atoms with E-state index in [0.29, 0.717) is 30.2 Å². The highest BCUT2D eigenvalue weighted by molar-refractivity contribution is 5.99. The summed E-state index contributed by atoms with van der Waals surface area (Å²) in [7, 11) is 5.85. The number of fused-ring (bicyclic) bond motifs is 1. The van der Waals surface area contributed by atoms with Gasteiger partial charge in [-0.15, -0.1) is 0 Å². The number of piperazine rings is 1. The molecule has 2 heterocycles. The molecule has 142 valence electrons. The number of nitrogens with zero attached hydrogens (tertiary/aromatic N) is 4. The second kappa shape index (κ2) is 7.92. The lowest BCUT2D eigenvalue weighted by atomic mass is 10.2. The molecule has 0 aliphatic carbocycles. The molecule has 2 aliphatic heterocycles. The van der Waals surface area contributed by atoms with E-state index in [9.17, 15) is 9.59 Å². The van der Waals surface area contributed by atoms with Crippen molar-refractivity contribution in [2.75, 3.05) is 77.2 Å². The van der Waals surface area contributed by atoms with Gasteiger partial charge in [-0.25, -0.2) is 4.79 Å². The summed E-state index contributed by atoms with van der Waals surface area (Å²) < 4.78 is 5.41. The van der Waals surface area contributed by atoms with Crippen LogP contribution in [0.3, 0.4) is 0 Å².